The van der Waals surface area contributed by atoms with Crippen molar-refractivity contribution in [1.82, 2.24) is 20.2 Å². The molecule has 1 aliphatic heterocycles. The number of aromatic nitrogens is 2. The van der Waals surface area contributed by atoms with Crippen LogP contribution in [0.25, 0.3) is 10.8 Å². The van der Waals surface area contributed by atoms with Crippen LogP contribution in [0.4, 0.5) is 5.82 Å². The van der Waals surface area contributed by atoms with E-state index < -0.39 is 0 Å². The van der Waals surface area contributed by atoms with E-state index >= 15 is 0 Å². The van der Waals surface area contributed by atoms with Crippen LogP contribution in [-0.2, 0) is 4.79 Å². The van der Waals surface area contributed by atoms with Crippen LogP contribution in [0.2, 0.25) is 0 Å². The molecule has 172 valence electrons. The number of amides is 1. The molecule has 3 heterocycles. The molecule has 1 amide bonds. The van der Waals surface area contributed by atoms with Crippen molar-refractivity contribution in [2.45, 2.75) is 50.6 Å². The number of rotatable bonds is 6. The molecule has 0 spiro atoms. The predicted molar refractivity (Wildman–Crippen MR) is 129 cm³/mol. The van der Waals surface area contributed by atoms with Crippen molar-refractivity contribution < 1.29 is 9.90 Å². The van der Waals surface area contributed by atoms with Gasteiger partial charge in [0.1, 0.15) is 11.6 Å². The fraction of sp³-hybridized carbons (Fsp3) is 0.423. The molecule has 2 aliphatic rings. The Morgan fingerprint density at radius 2 is 1.91 bits per heavy atom. The van der Waals surface area contributed by atoms with Gasteiger partial charge in [-0.3, -0.25) is 14.7 Å². The summed E-state index contributed by atoms with van der Waals surface area (Å²) in [6.07, 6.45) is 7.86. The number of hydrogen-bond donors (Lipinski definition) is 3. The molecule has 0 atom stereocenters. The van der Waals surface area contributed by atoms with Crippen molar-refractivity contribution in [2.24, 2.45) is 0 Å². The first kappa shape index (κ1) is 21.6. The summed E-state index contributed by atoms with van der Waals surface area (Å²) in [5, 5.41) is 17.9. The molecule has 3 N–H and O–H groups in total. The van der Waals surface area contributed by atoms with E-state index in [1.807, 2.05) is 12.1 Å². The van der Waals surface area contributed by atoms with Gasteiger partial charge in [0, 0.05) is 42.3 Å². The molecular formula is C26H31N5O2. The maximum Gasteiger partial charge on any atom is 0.239 e. The van der Waals surface area contributed by atoms with Gasteiger partial charge >= 0.3 is 0 Å². The molecule has 33 heavy (non-hydrogen) atoms. The lowest BCUT2D eigenvalue weighted by molar-refractivity contribution is -0.121. The largest absolute Gasteiger partial charge is 0.506 e. The van der Waals surface area contributed by atoms with Crippen molar-refractivity contribution in [1.29, 1.82) is 0 Å². The maximum absolute atomic E-state index is 12.5. The van der Waals surface area contributed by atoms with Gasteiger partial charge in [-0.05, 0) is 62.3 Å². The summed E-state index contributed by atoms with van der Waals surface area (Å²) in [5.74, 6) is 1.46. The van der Waals surface area contributed by atoms with E-state index in [0.717, 1.165) is 61.1 Å². The fourth-order valence-corrected chi connectivity index (χ4v) is 5.14. The molecule has 1 saturated heterocycles. The first-order chi connectivity index (χ1) is 16.0. The monoisotopic (exact) mass is 445 g/mol. The molecule has 0 radical (unpaired) electrons. The normalized spacial score (nSPS) is 21.5. The van der Waals surface area contributed by atoms with E-state index in [9.17, 15) is 9.90 Å². The number of carbonyl (C=O) groups is 1. The number of carbonyl (C=O) groups excluding carboxylic acids is 1. The number of aromatic hydroxyl groups is 1. The lowest BCUT2D eigenvalue weighted by atomic mass is 9.82. The lowest BCUT2D eigenvalue weighted by Gasteiger charge is -2.46. The van der Waals surface area contributed by atoms with E-state index in [2.05, 4.69) is 50.6 Å². The highest BCUT2D eigenvalue weighted by molar-refractivity contribution is 5.93. The Kier molecular flexibility index (Phi) is 6.13. The maximum atomic E-state index is 12.5. The third kappa shape index (κ3) is 4.93. The number of hydrogen-bond acceptors (Lipinski definition) is 6. The summed E-state index contributed by atoms with van der Waals surface area (Å²) >= 11 is 0. The second-order valence-electron chi connectivity index (χ2n) is 9.40. The minimum Gasteiger partial charge on any atom is -0.506 e. The first-order valence-corrected chi connectivity index (χ1v) is 11.8. The van der Waals surface area contributed by atoms with Crippen LogP contribution in [0, 0.1) is 6.92 Å². The van der Waals surface area contributed by atoms with Crippen LogP contribution in [0.3, 0.4) is 0 Å². The third-order valence-corrected chi connectivity index (χ3v) is 7.02. The van der Waals surface area contributed by atoms with E-state index in [-0.39, 0.29) is 24.2 Å². The molecule has 1 aliphatic carbocycles. The summed E-state index contributed by atoms with van der Waals surface area (Å²) in [4.78, 5) is 23.8. The summed E-state index contributed by atoms with van der Waals surface area (Å²) in [6, 6.07) is 12.7. The minimum atomic E-state index is 0.00761. The molecule has 1 aromatic carbocycles. The molecule has 7 heteroatoms. The molecule has 0 unspecified atom stereocenters. The molecule has 1 saturated carbocycles. The van der Waals surface area contributed by atoms with Crippen molar-refractivity contribution in [3.63, 3.8) is 0 Å². The van der Waals surface area contributed by atoms with Gasteiger partial charge in [0.25, 0.3) is 0 Å². The van der Waals surface area contributed by atoms with E-state index in [4.69, 9.17) is 0 Å². The Balaban J connectivity index is 1.05. The average Bonchev–Trinajstić information content (AvgIpc) is 2.80. The molecular weight excluding hydrogens is 414 g/mol. The van der Waals surface area contributed by atoms with Crippen LogP contribution >= 0.6 is 0 Å². The van der Waals surface area contributed by atoms with E-state index in [0.29, 0.717) is 12.0 Å². The first-order valence-electron chi connectivity index (χ1n) is 11.8. The third-order valence-electron chi connectivity index (χ3n) is 7.02. The van der Waals surface area contributed by atoms with Gasteiger partial charge in [-0.25, -0.2) is 4.98 Å². The molecule has 2 aromatic heterocycles. The van der Waals surface area contributed by atoms with Gasteiger partial charge in [-0.2, -0.15) is 0 Å². The number of nitrogens with one attached hydrogen (secondary N) is 2. The Bertz CT molecular complexity index is 1120. The molecule has 3 aromatic rings. The number of fused-ring (bicyclic) bond motifs is 1. The molecule has 7 nitrogen and oxygen atoms in total. The number of pyridine rings is 2. The van der Waals surface area contributed by atoms with Crippen LogP contribution < -0.4 is 10.6 Å². The van der Waals surface area contributed by atoms with E-state index in [1.165, 1.54) is 11.8 Å². The van der Waals surface area contributed by atoms with Crippen molar-refractivity contribution >= 4 is 22.5 Å². The van der Waals surface area contributed by atoms with Gasteiger partial charge < -0.3 is 15.7 Å². The predicted octanol–water partition coefficient (Wildman–Crippen LogP) is 3.58. The summed E-state index contributed by atoms with van der Waals surface area (Å²) in [7, 11) is 0. The van der Waals surface area contributed by atoms with Crippen LogP contribution in [0.5, 0.6) is 5.75 Å². The highest BCUT2D eigenvalue weighted by Gasteiger charge is 2.35. The highest BCUT2D eigenvalue weighted by atomic mass is 16.3. The summed E-state index contributed by atoms with van der Waals surface area (Å²) in [6.45, 7) is 4.12. The smallest absolute Gasteiger partial charge is 0.239 e. The van der Waals surface area contributed by atoms with Gasteiger partial charge in [-0.1, -0.05) is 17.7 Å². The lowest BCUT2D eigenvalue weighted by Crippen LogP contribution is -2.63. The van der Waals surface area contributed by atoms with Crippen LogP contribution in [-0.4, -0.2) is 57.6 Å². The second kappa shape index (κ2) is 9.35. The van der Waals surface area contributed by atoms with Crippen molar-refractivity contribution in [3.8, 4) is 5.75 Å². The molecule has 5 rings (SSSR count). The summed E-state index contributed by atoms with van der Waals surface area (Å²) in [5.41, 5.74) is 2.26. The number of nitrogens with zero attached hydrogens (tertiary/aromatic N) is 3. The van der Waals surface area contributed by atoms with Crippen LogP contribution in [0.1, 0.15) is 42.9 Å². The van der Waals surface area contributed by atoms with Gasteiger partial charge in [0.15, 0.2) is 0 Å². The zero-order chi connectivity index (χ0) is 22.8. The topological polar surface area (TPSA) is 90.4 Å². The van der Waals surface area contributed by atoms with E-state index in [1.54, 1.807) is 12.3 Å². The van der Waals surface area contributed by atoms with Crippen LogP contribution in [0.15, 0.2) is 48.8 Å². The van der Waals surface area contributed by atoms with Crippen molar-refractivity contribution in [2.75, 3.05) is 25.0 Å². The Morgan fingerprint density at radius 1 is 1.09 bits per heavy atom. The highest BCUT2D eigenvalue weighted by Crippen LogP contribution is 2.35. The zero-order valence-corrected chi connectivity index (χ0v) is 19.0. The Morgan fingerprint density at radius 3 is 2.67 bits per heavy atom. The Hall–Kier alpha value is -3.19. The quantitative estimate of drug-likeness (QED) is 0.537. The van der Waals surface area contributed by atoms with Gasteiger partial charge in [-0.15, -0.1) is 0 Å². The summed E-state index contributed by atoms with van der Waals surface area (Å²) < 4.78 is 0. The molecule has 2 fully saturated rings. The van der Waals surface area contributed by atoms with Gasteiger partial charge in [0.2, 0.25) is 5.91 Å². The SMILES string of the molecule is Cc1ccc2ccnc(NCC(=O)NC3CN(C4CCC(c5ccc(O)cn5)CC4)C3)c2c1. The molecule has 0 bridgehead atoms. The number of likely N-dealkylation sites (tertiary alicyclic amines) is 1. The fourth-order valence-electron chi connectivity index (χ4n) is 5.14. The minimum absolute atomic E-state index is 0.00761. The zero-order valence-electron chi connectivity index (χ0n) is 19.0. The average molecular weight is 446 g/mol. The van der Waals surface area contributed by atoms with Crippen molar-refractivity contribution in [3.05, 3.63) is 60.0 Å². The Labute approximate surface area is 194 Å². The number of anilines is 1. The number of aryl methyl sites for hydroxylation is 1. The second-order valence-corrected chi connectivity index (χ2v) is 9.40. The van der Waals surface area contributed by atoms with Gasteiger partial charge in [0.05, 0.1) is 18.8 Å². The standard InChI is InChI=1S/C26H31N5O2/c1-17-2-3-18-10-11-27-26(23(18)12-17)29-14-25(33)30-20-15-31(16-20)21-6-4-19(5-7-21)24-9-8-22(32)13-28-24/h2-3,8-13,19-21,32H,4-7,14-16H2,1H3,(H,27,29)(H,30,33). The number of benzene rings is 1.